The Labute approximate surface area is 170 Å². The molecule has 0 saturated carbocycles. The lowest BCUT2D eigenvalue weighted by molar-refractivity contribution is -0.139. The molecule has 4 rings (SSSR count). The van der Waals surface area contributed by atoms with E-state index in [2.05, 4.69) is 5.32 Å². The second kappa shape index (κ2) is 7.94. The first-order valence-electron chi connectivity index (χ1n) is 9.25. The Balaban J connectivity index is 1.49. The van der Waals surface area contributed by atoms with Crippen molar-refractivity contribution >= 4 is 12.1 Å². The molecular weight excluding hydrogens is 392 g/mol. The van der Waals surface area contributed by atoms with Gasteiger partial charge in [0.25, 0.3) is 0 Å². The van der Waals surface area contributed by atoms with Crippen LogP contribution in [0.2, 0.25) is 0 Å². The topological polar surface area (TPSA) is 75.6 Å². The highest BCUT2D eigenvalue weighted by Gasteiger charge is 2.30. The molecule has 0 aromatic heterocycles. The van der Waals surface area contributed by atoms with Crippen LogP contribution in [0.4, 0.5) is 13.6 Å². The van der Waals surface area contributed by atoms with Gasteiger partial charge in [0.1, 0.15) is 6.61 Å². The Bertz CT molecular complexity index is 1090. The maximum absolute atomic E-state index is 13.5. The minimum Gasteiger partial charge on any atom is -0.479 e. The van der Waals surface area contributed by atoms with Crippen molar-refractivity contribution in [2.24, 2.45) is 0 Å². The van der Waals surface area contributed by atoms with Crippen LogP contribution < -0.4 is 5.32 Å². The van der Waals surface area contributed by atoms with Crippen LogP contribution in [0.25, 0.3) is 11.1 Å². The number of aliphatic carboxylic acids is 1. The molecule has 0 aliphatic heterocycles. The number of carboxylic acids is 1. The third-order valence-electron chi connectivity index (χ3n) is 5.13. The van der Waals surface area contributed by atoms with Gasteiger partial charge in [-0.1, -0.05) is 54.6 Å². The van der Waals surface area contributed by atoms with E-state index in [0.29, 0.717) is 0 Å². The van der Waals surface area contributed by atoms with Crippen LogP contribution in [0.3, 0.4) is 0 Å². The maximum atomic E-state index is 13.5. The second-order valence-corrected chi connectivity index (χ2v) is 6.91. The highest BCUT2D eigenvalue weighted by atomic mass is 19.2. The minimum atomic E-state index is -1.57. The average Bonchev–Trinajstić information content (AvgIpc) is 3.06. The number of hydrogen-bond donors (Lipinski definition) is 2. The minimum absolute atomic E-state index is 0.00395. The summed E-state index contributed by atoms with van der Waals surface area (Å²) in [5, 5.41) is 11.6. The number of hydrogen-bond acceptors (Lipinski definition) is 3. The Morgan fingerprint density at radius 3 is 2.10 bits per heavy atom. The molecule has 152 valence electrons. The molecule has 1 amide bonds. The smallest absolute Gasteiger partial charge is 0.408 e. The standard InChI is InChI=1S/C23H17F2NO4/c24-19-10-9-13(11-20(19)25)21(22(27)28)26-23(29)30-12-18-16-7-3-1-5-14(16)15-6-2-4-8-17(15)18/h1-11,18,21H,12H2,(H,26,29)(H,27,28)/t21-/m0/s1. The van der Waals surface area contributed by atoms with Crippen LogP contribution in [-0.4, -0.2) is 23.8 Å². The van der Waals surface area contributed by atoms with E-state index < -0.39 is 29.7 Å². The molecule has 30 heavy (non-hydrogen) atoms. The fourth-order valence-corrected chi connectivity index (χ4v) is 3.74. The molecule has 0 bridgehead atoms. The number of carboxylic acid groups (broad SMARTS) is 1. The lowest BCUT2D eigenvalue weighted by Gasteiger charge is -2.18. The molecule has 0 spiro atoms. The Hall–Kier alpha value is -3.74. The zero-order valence-electron chi connectivity index (χ0n) is 15.6. The van der Waals surface area contributed by atoms with Crippen molar-refractivity contribution in [3.05, 3.63) is 95.1 Å². The summed E-state index contributed by atoms with van der Waals surface area (Å²) in [4.78, 5) is 23.8. The van der Waals surface area contributed by atoms with Gasteiger partial charge in [0.15, 0.2) is 17.7 Å². The number of alkyl carbamates (subject to hydrolysis) is 1. The van der Waals surface area contributed by atoms with Crippen molar-refractivity contribution in [1.29, 1.82) is 0 Å². The predicted octanol–water partition coefficient (Wildman–Crippen LogP) is 4.63. The summed E-state index contributed by atoms with van der Waals surface area (Å²) in [6.07, 6.45) is -0.964. The number of nitrogens with one attached hydrogen (secondary N) is 1. The SMILES string of the molecule is O=C(N[C@H](C(=O)O)c1ccc(F)c(F)c1)OCC1c2ccccc2-c2ccccc21. The number of halogens is 2. The van der Waals surface area contributed by atoms with Crippen LogP contribution in [0.1, 0.15) is 28.7 Å². The van der Waals surface area contributed by atoms with Crippen molar-refractivity contribution in [2.45, 2.75) is 12.0 Å². The predicted molar refractivity (Wildman–Crippen MR) is 105 cm³/mol. The Morgan fingerprint density at radius 1 is 0.933 bits per heavy atom. The summed E-state index contributed by atoms with van der Waals surface area (Å²) >= 11 is 0. The Morgan fingerprint density at radius 2 is 1.53 bits per heavy atom. The van der Waals surface area contributed by atoms with Gasteiger partial charge in [-0.3, -0.25) is 0 Å². The first-order chi connectivity index (χ1) is 14.5. The molecule has 1 aliphatic carbocycles. The molecule has 1 atom stereocenters. The van der Waals surface area contributed by atoms with Gasteiger partial charge in [-0.25, -0.2) is 18.4 Å². The molecular formula is C23H17F2NO4. The van der Waals surface area contributed by atoms with Crippen LogP contribution in [0.5, 0.6) is 0 Å². The molecule has 0 saturated heterocycles. The number of fused-ring (bicyclic) bond motifs is 3. The van der Waals surface area contributed by atoms with Gasteiger partial charge in [-0.05, 0) is 39.9 Å². The average molecular weight is 409 g/mol. The van der Waals surface area contributed by atoms with Crippen LogP contribution in [-0.2, 0) is 9.53 Å². The summed E-state index contributed by atoms with van der Waals surface area (Å²) in [6, 6.07) is 16.7. The molecule has 3 aromatic rings. The van der Waals surface area contributed by atoms with E-state index in [1.54, 1.807) is 0 Å². The van der Waals surface area contributed by atoms with Crippen molar-refractivity contribution in [3.63, 3.8) is 0 Å². The molecule has 0 fully saturated rings. The largest absolute Gasteiger partial charge is 0.479 e. The van der Waals surface area contributed by atoms with Gasteiger partial charge in [-0.2, -0.15) is 0 Å². The van der Waals surface area contributed by atoms with Gasteiger partial charge in [0, 0.05) is 5.92 Å². The summed E-state index contributed by atoms with van der Waals surface area (Å²) < 4.78 is 31.9. The van der Waals surface area contributed by atoms with Gasteiger partial charge in [0.05, 0.1) is 0 Å². The maximum Gasteiger partial charge on any atom is 0.408 e. The lowest BCUT2D eigenvalue weighted by Crippen LogP contribution is -2.35. The van der Waals surface area contributed by atoms with Crippen molar-refractivity contribution in [3.8, 4) is 11.1 Å². The summed E-state index contributed by atoms with van der Waals surface area (Å²) in [5.74, 6) is -3.92. The van der Waals surface area contributed by atoms with E-state index in [9.17, 15) is 23.5 Å². The van der Waals surface area contributed by atoms with E-state index in [-0.39, 0.29) is 18.1 Å². The molecule has 7 heteroatoms. The van der Waals surface area contributed by atoms with Crippen molar-refractivity contribution in [1.82, 2.24) is 5.32 Å². The lowest BCUT2D eigenvalue weighted by atomic mass is 9.98. The highest BCUT2D eigenvalue weighted by molar-refractivity contribution is 5.82. The van der Waals surface area contributed by atoms with Crippen LogP contribution in [0, 0.1) is 11.6 Å². The number of benzene rings is 3. The van der Waals surface area contributed by atoms with Crippen molar-refractivity contribution < 1.29 is 28.2 Å². The number of carbonyl (C=O) groups is 2. The van der Waals surface area contributed by atoms with E-state index in [0.717, 1.165) is 40.5 Å². The quantitative estimate of drug-likeness (QED) is 0.644. The third-order valence-corrected chi connectivity index (χ3v) is 5.13. The van der Waals surface area contributed by atoms with Gasteiger partial charge in [-0.15, -0.1) is 0 Å². The van der Waals surface area contributed by atoms with E-state index in [4.69, 9.17) is 4.74 Å². The summed E-state index contributed by atoms with van der Waals surface area (Å²) in [5.41, 5.74) is 4.05. The molecule has 3 aromatic carbocycles. The molecule has 0 unspecified atom stereocenters. The van der Waals surface area contributed by atoms with Gasteiger partial charge < -0.3 is 15.2 Å². The van der Waals surface area contributed by atoms with Crippen LogP contribution >= 0.6 is 0 Å². The number of ether oxygens (including phenoxy) is 1. The second-order valence-electron chi connectivity index (χ2n) is 6.91. The third kappa shape index (κ3) is 3.61. The fraction of sp³-hybridized carbons (Fsp3) is 0.130. The first kappa shape index (κ1) is 19.6. The molecule has 0 radical (unpaired) electrons. The molecule has 2 N–H and O–H groups in total. The molecule has 5 nitrogen and oxygen atoms in total. The Kier molecular flexibility index (Phi) is 5.18. The molecule has 0 heterocycles. The van der Waals surface area contributed by atoms with Gasteiger partial charge >= 0.3 is 12.1 Å². The van der Waals surface area contributed by atoms with E-state index >= 15 is 0 Å². The monoisotopic (exact) mass is 409 g/mol. The van der Waals surface area contributed by atoms with E-state index in [1.807, 2.05) is 48.5 Å². The van der Waals surface area contributed by atoms with Crippen LogP contribution in [0.15, 0.2) is 66.7 Å². The number of rotatable bonds is 5. The highest BCUT2D eigenvalue weighted by Crippen LogP contribution is 2.44. The first-order valence-corrected chi connectivity index (χ1v) is 9.25. The summed E-state index contributed by atoms with van der Waals surface area (Å²) in [6.45, 7) is 0.00395. The fourth-order valence-electron chi connectivity index (χ4n) is 3.74. The number of carbonyl (C=O) groups excluding carboxylic acids is 1. The van der Waals surface area contributed by atoms with Gasteiger partial charge in [0.2, 0.25) is 0 Å². The summed E-state index contributed by atoms with van der Waals surface area (Å²) in [7, 11) is 0. The normalized spacial score (nSPS) is 13.3. The van der Waals surface area contributed by atoms with E-state index in [1.165, 1.54) is 0 Å². The zero-order chi connectivity index (χ0) is 21.3. The molecule has 1 aliphatic rings. The number of amides is 1. The van der Waals surface area contributed by atoms with Crippen molar-refractivity contribution in [2.75, 3.05) is 6.61 Å². The zero-order valence-corrected chi connectivity index (χ0v) is 15.6.